The van der Waals surface area contributed by atoms with Crippen molar-refractivity contribution in [3.63, 3.8) is 0 Å². The second-order valence-electron chi connectivity index (χ2n) is 7.26. The molecule has 1 aromatic carbocycles. The summed E-state index contributed by atoms with van der Waals surface area (Å²) in [5.41, 5.74) is 1.69. The number of benzene rings is 1. The molecule has 0 radical (unpaired) electrons. The fourth-order valence-electron chi connectivity index (χ4n) is 3.72. The van der Waals surface area contributed by atoms with Crippen LogP contribution in [0.4, 0.5) is 0 Å². The van der Waals surface area contributed by atoms with Gasteiger partial charge in [0.2, 0.25) is 5.91 Å². The van der Waals surface area contributed by atoms with Gasteiger partial charge in [-0.15, -0.1) is 0 Å². The van der Waals surface area contributed by atoms with E-state index in [0.717, 1.165) is 35.7 Å². The Morgan fingerprint density at radius 1 is 1.21 bits per heavy atom. The molecule has 1 aliphatic rings. The molecule has 0 N–H and O–H groups in total. The lowest BCUT2D eigenvalue weighted by Crippen LogP contribution is -2.42. The number of carbonyl (C=O) groups excluding carboxylic acids is 1. The number of aromatic nitrogens is 4. The number of rotatable bonds is 4. The number of amides is 1. The molecule has 1 amide bonds. The summed E-state index contributed by atoms with van der Waals surface area (Å²) in [7, 11) is 1.83. The van der Waals surface area contributed by atoms with Crippen LogP contribution in [-0.4, -0.2) is 43.3 Å². The molecule has 3 aromatic rings. The van der Waals surface area contributed by atoms with Crippen LogP contribution in [0.3, 0.4) is 0 Å². The van der Waals surface area contributed by atoms with E-state index in [-0.39, 0.29) is 24.1 Å². The average Bonchev–Trinajstić information content (AvgIpc) is 3.16. The van der Waals surface area contributed by atoms with E-state index in [1.165, 1.54) is 21.9 Å². The smallest absolute Gasteiger partial charge is 0.293 e. The monoisotopic (exact) mass is 443 g/mol. The summed E-state index contributed by atoms with van der Waals surface area (Å²) in [5, 5.41) is 8.58. The van der Waals surface area contributed by atoms with Gasteiger partial charge >= 0.3 is 0 Å². The third-order valence-electron chi connectivity index (χ3n) is 5.43. The molecule has 2 aromatic heterocycles. The van der Waals surface area contributed by atoms with E-state index in [2.05, 4.69) is 26.1 Å². The average molecular weight is 444 g/mol. The second-order valence-corrected chi connectivity index (χ2v) is 8.17. The SMILES string of the molecule is CN(C(=O)Cn1ncn2nc(-c3ccc(Br)cc3)cc2c1=O)C1CCCCC1. The van der Waals surface area contributed by atoms with Crippen LogP contribution in [0.25, 0.3) is 16.8 Å². The molecule has 0 atom stereocenters. The lowest BCUT2D eigenvalue weighted by molar-refractivity contribution is -0.133. The highest BCUT2D eigenvalue weighted by Crippen LogP contribution is 2.22. The summed E-state index contributed by atoms with van der Waals surface area (Å²) in [6.45, 7) is -0.0544. The zero-order chi connectivity index (χ0) is 19.7. The van der Waals surface area contributed by atoms with Crippen LogP contribution >= 0.6 is 15.9 Å². The molecule has 146 valence electrons. The van der Waals surface area contributed by atoms with Crippen molar-refractivity contribution in [1.29, 1.82) is 0 Å². The minimum absolute atomic E-state index is 0.0544. The summed E-state index contributed by atoms with van der Waals surface area (Å²) >= 11 is 3.41. The minimum atomic E-state index is -0.316. The molecule has 0 spiro atoms. The first kappa shape index (κ1) is 18.9. The standard InChI is InChI=1S/C20H22BrN5O2/c1-24(16-5-3-2-4-6-16)19(27)12-25-20(28)18-11-17(23-26(18)13-22-25)14-7-9-15(21)10-8-14/h7-11,13,16H,2-6,12H2,1H3. The van der Waals surface area contributed by atoms with Gasteiger partial charge in [0.15, 0.2) is 0 Å². The minimum Gasteiger partial charge on any atom is -0.341 e. The van der Waals surface area contributed by atoms with E-state index in [0.29, 0.717) is 11.2 Å². The Kier molecular flexibility index (Phi) is 5.30. The van der Waals surface area contributed by atoms with Gasteiger partial charge in [0, 0.05) is 23.1 Å². The van der Waals surface area contributed by atoms with Crippen LogP contribution in [-0.2, 0) is 11.3 Å². The van der Waals surface area contributed by atoms with Gasteiger partial charge in [0.05, 0.1) is 5.69 Å². The van der Waals surface area contributed by atoms with Crippen molar-refractivity contribution < 1.29 is 4.79 Å². The summed E-state index contributed by atoms with van der Waals surface area (Å²) in [4.78, 5) is 27.3. The first-order valence-electron chi connectivity index (χ1n) is 9.50. The fraction of sp³-hybridized carbons (Fsp3) is 0.400. The second kappa shape index (κ2) is 7.87. The summed E-state index contributed by atoms with van der Waals surface area (Å²) in [6, 6.07) is 9.71. The van der Waals surface area contributed by atoms with Crippen molar-refractivity contribution in [2.75, 3.05) is 7.05 Å². The molecule has 1 fully saturated rings. The first-order valence-corrected chi connectivity index (χ1v) is 10.3. The van der Waals surface area contributed by atoms with E-state index in [4.69, 9.17) is 0 Å². The van der Waals surface area contributed by atoms with Gasteiger partial charge in [-0.25, -0.2) is 9.20 Å². The lowest BCUT2D eigenvalue weighted by atomic mass is 9.94. The summed E-state index contributed by atoms with van der Waals surface area (Å²) in [6.07, 6.45) is 7.08. The predicted octanol–water partition coefficient (Wildman–Crippen LogP) is 3.11. The van der Waals surface area contributed by atoms with Crippen molar-refractivity contribution in [1.82, 2.24) is 24.3 Å². The molecule has 0 unspecified atom stereocenters. The zero-order valence-electron chi connectivity index (χ0n) is 15.7. The van der Waals surface area contributed by atoms with E-state index >= 15 is 0 Å². The lowest BCUT2D eigenvalue weighted by Gasteiger charge is -2.31. The molecule has 0 aliphatic heterocycles. The van der Waals surface area contributed by atoms with Gasteiger partial charge < -0.3 is 4.90 Å². The largest absolute Gasteiger partial charge is 0.341 e. The third kappa shape index (κ3) is 3.73. The van der Waals surface area contributed by atoms with Crippen molar-refractivity contribution in [2.45, 2.75) is 44.7 Å². The fourth-order valence-corrected chi connectivity index (χ4v) is 3.99. The summed E-state index contributed by atoms with van der Waals surface area (Å²) < 4.78 is 3.67. The first-order chi connectivity index (χ1) is 13.5. The number of likely N-dealkylation sites (N-methyl/N-ethyl adjacent to an activating group) is 1. The van der Waals surface area contributed by atoms with Crippen molar-refractivity contribution in [3.8, 4) is 11.3 Å². The Balaban J connectivity index is 1.58. The maximum atomic E-state index is 12.8. The summed E-state index contributed by atoms with van der Waals surface area (Å²) in [5.74, 6) is -0.0847. The Bertz CT molecular complexity index is 1050. The molecule has 8 heteroatoms. The van der Waals surface area contributed by atoms with E-state index in [9.17, 15) is 9.59 Å². The number of carbonyl (C=O) groups is 1. The normalized spacial score (nSPS) is 15.1. The van der Waals surface area contributed by atoms with Gasteiger partial charge in [-0.05, 0) is 31.0 Å². The Morgan fingerprint density at radius 3 is 2.64 bits per heavy atom. The molecule has 1 saturated carbocycles. The predicted molar refractivity (Wildman–Crippen MR) is 110 cm³/mol. The number of nitrogens with zero attached hydrogens (tertiary/aromatic N) is 5. The molecule has 1 aliphatic carbocycles. The number of hydrogen-bond acceptors (Lipinski definition) is 4. The number of fused-ring (bicyclic) bond motifs is 1. The highest BCUT2D eigenvalue weighted by Gasteiger charge is 2.23. The maximum Gasteiger partial charge on any atom is 0.293 e. The molecule has 0 bridgehead atoms. The topological polar surface area (TPSA) is 72.5 Å². The van der Waals surface area contributed by atoms with Gasteiger partial charge in [-0.3, -0.25) is 9.59 Å². The molecular formula is C20H22BrN5O2. The Morgan fingerprint density at radius 2 is 1.93 bits per heavy atom. The molecule has 7 nitrogen and oxygen atoms in total. The van der Waals surface area contributed by atoms with Gasteiger partial charge in [0.1, 0.15) is 18.4 Å². The Hall–Kier alpha value is -2.48. The van der Waals surface area contributed by atoms with Gasteiger partial charge in [-0.1, -0.05) is 47.3 Å². The highest BCUT2D eigenvalue weighted by molar-refractivity contribution is 9.10. The van der Waals surface area contributed by atoms with Gasteiger partial charge in [0.25, 0.3) is 5.56 Å². The van der Waals surface area contributed by atoms with E-state index < -0.39 is 0 Å². The van der Waals surface area contributed by atoms with Crippen molar-refractivity contribution >= 4 is 27.4 Å². The van der Waals surface area contributed by atoms with E-state index in [1.807, 2.05) is 31.3 Å². The molecular weight excluding hydrogens is 422 g/mol. The van der Waals surface area contributed by atoms with Crippen LogP contribution < -0.4 is 5.56 Å². The zero-order valence-corrected chi connectivity index (χ0v) is 17.3. The van der Waals surface area contributed by atoms with Crippen LogP contribution in [0, 0.1) is 0 Å². The van der Waals surface area contributed by atoms with Crippen molar-refractivity contribution in [3.05, 3.63) is 51.5 Å². The molecule has 4 rings (SSSR count). The molecule has 0 saturated heterocycles. The van der Waals surface area contributed by atoms with E-state index in [1.54, 1.807) is 11.0 Å². The quantitative estimate of drug-likeness (QED) is 0.620. The van der Waals surface area contributed by atoms with Crippen LogP contribution in [0.2, 0.25) is 0 Å². The van der Waals surface area contributed by atoms with Crippen LogP contribution in [0.1, 0.15) is 32.1 Å². The van der Waals surface area contributed by atoms with Crippen molar-refractivity contribution in [2.24, 2.45) is 0 Å². The van der Waals surface area contributed by atoms with Crippen LogP contribution in [0.5, 0.6) is 0 Å². The van der Waals surface area contributed by atoms with Crippen LogP contribution in [0.15, 0.2) is 45.9 Å². The highest BCUT2D eigenvalue weighted by atomic mass is 79.9. The molecule has 2 heterocycles. The number of hydrogen-bond donors (Lipinski definition) is 0. The van der Waals surface area contributed by atoms with Gasteiger partial charge in [-0.2, -0.15) is 10.2 Å². The number of halogens is 1. The Labute approximate surface area is 171 Å². The molecule has 28 heavy (non-hydrogen) atoms. The third-order valence-corrected chi connectivity index (χ3v) is 5.96. The maximum absolute atomic E-state index is 12.8.